The number of aryl methyl sites for hydroxylation is 2. The van der Waals surface area contributed by atoms with Crippen molar-refractivity contribution in [2.75, 3.05) is 7.05 Å². The van der Waals surface area contributed by atoms with Crippen molar-refractivity contribution in [1.29, 1.82) is 0 Å². The zero-order valence-corrected chi connectivity index (χ0v) is 10.5. The van der Waals surface area contributed by atoms with Gasteiger partial charge in [0.25, 0.3) is 0 Å². The average Bonchev–Trinajstić information content (AvgIpc) is 2.28. The molecular weight excluding hydrogens is 222 g/mol. The van der Waals surface area contributed by atoms with Crippen LogP contribution in [-0.2, 0) is 22.9 Å². The van der Waals surface area contributed by atoms with Gasteiger partial charge < -0.3 is 0 Å². The molecule has 88 valence electrons. The molecule has 0 bridgehead atoms. The van der Waals surface area contributed by atoms with Gasteiger partial charge in [0.15, 0.2) is 0 Å². The first-order chi connectivity index (χ1) is 7.53. The van der Waals surface area contributed by atoms with Crippen LogP contribution in [0.2, 0.25) is 0 Å². The number of fused-ring (bicyclic) bond motifs is 1. The Balaban J connectivity index is 2.28. The lowest BCUT2D eigenvalue weighted by Gasteiger charge is -2.24. The van der Waals surface area contributed by atoms with Gasteiger partial charge in [-0.15, -0.1) is 0 Å². The molecule has 0 fully saturated rings. The molecule has 1 aliphatic carbocycles. The highest BCUT2D eigenvalue weighted by Gasteiger charge is 2.28. The van der Waals surface area contributed by atoms with Crippen LogP contribution in [0.25, 0.3) is 0 Å². The average molecular weight is 239 g/mol. The molecule has 1 unspecified atom stereocenters. The molecular formula is C12H17NO2S. The van der Waals surface area contributed by atoms with E-state index in [0.29, 0.717) is 6.42 Å². The Morgan fingerprint density at radius 1 is 1.31 bits per heavy atom. The zero-order valence-electron chi connectivity index (χ0n) is 9.66. The van der Waals surface area contributed by atoms with E-state index in [1.165, 1.54) is 23.7 Å². The summed E-state index contributed by atoms with van der Waals surface area (Å²) in [5, 5.41) is -0.271. The lowest BCUT2D eigenvalue weighted by atomic mass is 9.90. The molecule has 1 aromatic carbocycles. The highest BCUT2D eigenvalue weighted by atomic mass is 32.2. The molecule has 0 aromatic heterocycles. The van der Waals surface area contributed by atoms with E-state index in [9.17, 15) is 8.42 Å². The summed E-state index contributed by atoms with van der Waals surface area (Å²) in [5.41, 5.74) is 3.73. The fourth-order valence-electron chi connectivity index (χ4n) is 2.28. The summed E-state index contributed by atoms with van der Waals surface area (Å²) < 4.78 is 25.9. The topological polar surface area (TPSA) is 46.2 Å². The van der Waals surface area contributed by atoms with Crippen LogP contribution in [0.5, 0.6) is 0 Å². The van der Waals surface area contributed by atoms with Crippen LogP contribution >= 0.6 is 0 Å². The second-order valence-corrected chi connectivity index (χ2v) is 6.55. The lowest BCUT2D eigenvalue weighted by molar-refractivity contribution is 0.553. The molecule has 3 nitrogen and oxygen atoms in total. The van der Waals surface area contributed by atoms with E-state index in [0.717, 1.165) is 12.8 Å². The van der Waals surface area contributed by atoms with E-state index < -0.39 is 10.0 Å². The molecule has 1 N–H and O–H groups in total. The van der Waals surface area contributed by atoms with Crippen LogP contribution in [0, 0.1) is 6.92 Å². The van der Waals surface area contributed by atoms with Gasteiger partial charge in [0, 0.05) is 0 Å². The number of hydrogen-bond acceptors (Lipinski definition) is 2. The maximum absolute atomic E-state index is 11.7. The van der Waals surface area contributed by atoms with Crippen LogP contribution in [0.3, 0.4) is 0 Å². The van der Waals surface area contributed by atoms with Crippen LogP contribution < -0.4 is 4.72 Å². The second kappa shape index (κ2) is 4.18. The van der Waals surface area contributed by atoms with Crippen molar-refractivity contribution < 1.29 is 8.42 Å². The summed E-state index contributed by atoms with van der Waals surface area (Å²) in [6, 6.07) is 6.27. The maximum atomic E-state index is 11.7. The molecule has 0 amide bonds. The van der Waals surface area contributed by atoms with Crippen LogP contribution in [0.15, 0.2) is 18.2 Å². The number of sulfonamides is 1. The Hall–Kier alpha value is -0.870. The van der Waals surface area contributed by atoms with Crippen molar-refractivity contribution in [2.45, 2.75) is 31.4 Å². The highest BCUT2D eigenvalue weighted by molar-refractivity contribution is 7.90. The van der Waals surface area contributed by atoms with Gasteiger partial charge in [0.1, 0.15) is 0 Å². The largest absolute Gasteiger partial charge is 0.218 e. The van der Waals surface area contributed by atoms with Crippen LogP contribution in [0.1, 0.15) is 23.1 Å². The number of benzene rings is 1. The molecule has 1 aromatic rings. The van der Waals surface area contributed by atoms with Gasteiger partial charge in [0.05, 0.1) is 5.25 Å². The Morgan fingerprint density at radius 2 is 2.06 bits per heavy atom. The third-order valence-corrected chi connectivity index (χ3v) is 5.12. The predicted molar refractivity (Wildman–Crippen MR) is 65.0 cm³/mol. The Morgan fingerprint density at radius 3 is 2.75 bits per heavy atom. The smallest absolute Gasteiger partial charge is 0.214 e. The molecule has 0 radical (unpaired) electrons. The molecule has 0 saturated carbocycles. The Labute approximate surface area is 96.9 Å². The SMILES string of the molecule is CNS(=O)(=O)C1CCc2cc(C)ccc2C1. The Kier molecular flexibility index (Phi) is 3.04. The van der Waals surface area contributed by atoms with E-state index in [4.69, 9.17) is 0 Å². The molecule has 0 aliphatic heterocycles. The summed E-state index contributed by atoms with van der Waals surface area (Å²) in [6.07, 6.45) is 2.22. The molecule has 4 heteroatoms. The van der Waals surface area contributed by atoms with E-state index in [1.807, 2.05) is 6.07 Å². The lowest BCUT2D eigenvalue weighted by Crippen LogP contribution is -2.35. The minimum atomic E-state index is -3.12. The third-order valence-electron chi connectivity index (χ3n) is 3.27. The summed E-state index contributed by atoms with van der Waals surface area (Å²) >= 11 is 0. The number of rotatable bonds is 2. The first-order valence-electron chi connectivity index (χ1n) is 5.53. The molecule has 0 spiro atoms. The van der Waals surface area contributed by atoms with Crippen molar-refractivity contribution in [2.24, 2.45) is 0 Å². The fourth-order valence-corrected chi connectivity index (χ4v) is 3.44. The van der Waals surface area contributed by atoms with Gasteiger partial charge in [-0.1, -0.05) is 23.8 Å². The van der Waals surface area contributed by atoms with Crippen molar-refractivity contribution in [3.05, 3.63) is 34.9 Å². The first kappa shape index (κ1) is 11.6. The normalized spacial score (nSPS) is 20.5. The Bertz CT molecular complexity index is 494. The summed E-state index contributed by atoms with van der Waals surface area (Å²) in [6.45, 7) is 2.07. The second-order valence-electron chi connectivity index (χ2n) is 4.39. The summed E-state index contributed by atoms with van der Waals surface area (Å²) in [4.78, 5) is 0. The zero-order chi connectivity index (χ0) is 11.8. The van der Waals surface area contributed by atoms with Crippen LogP contribution in [0.4, 0.5) is 0 Å². The number of hydrogen-bond donors (Lipinski definition) is 1. The summed E-state index contributed by atoms with van der Waals surface area (Å²) in [7, 11) is -1.64. The van der Waals surface area contributed by atoms with E-state index >= 15 is 0 Å². The molecule has 1 atom stereocenters. The quantitative estimate of drug-likeness (QED) is 0.848. The molecule has 0 saturated heterocycles. The van der Waals surface area contributed by atoms with Crippen molar-refractivity contribution in [1.82, 2.24) is 4.72 Å². The predicted octanol–water partition coefficient (Wildman–Crippen LogP) is 1.40. The van der Waals surface area contributed by atoms with Gasteiger partial charge in [-0.3, -0.25) is 0 Å². The maximum Gasteiger partial charge on any atom is 0.214 e. The summed E-state index contributed by atoms with van der Waals surface area (Å²) in [5.74, 6) is 0. The van der Waals surface area contributed by atoms with Crippen LogP contribution in [-0.4, -0.2) is 20.7 Å². The first-order valence-corrected chi connectivity index (χ1v) is 7.08. The molecule has 0 heterocycles. The van der Waals surface area contributed by atoms with E-state index in [2.05, 4.69) is 23.8 Å². The van der Waals surface area contributed by atoms with Gasteiger partial charge >= 0.3 is 0 Å². The molecule has 2 rings (SSSR count). The minimum Gasteiger partial charge on any atom is -0.218 e. The highest BCUT2D eigenvalue weighted by Crippen LogP contribution is 2.25. The van der Waals surface area contributed by atoms with Gasteiger partial charge in [-0.05, 0) is 44.4 Å². The van der Waals surface area contributed by atoms with Gasteiger partial charge in [-0.25, -0.2) is 13.1 Å². The van der Waals surface area contributed by atoms with Gasteiger partial charge in [0.2, 0.25) is 10.0 Å². The van der Waals surface area contributed by atoms with Crippen molar-refractivity contribution in [3.63, 3.8) is 0 Å². The third kappa shape index (κ3) is 2.13. The molecule has 16 heavy (non-hydrogen) atoms. The molecule has 1 aliphatic rings. The van der Waals surface area contributed by atoms with Crippen molar-refractivity contribution in [3.8, 4) is 0 Å². The minimum absolute atomic E-state index is 0.271. The van der Waals surface area contributed by atoms with E-state index in [1.54, 1.807) is 0 Å². The van der Waals surface area contributed by atoms with Gasteiger partial charge in [-0.2, -0.15) is 0 Å². The monoisotopic (exact) mass is 239 g/mol. The van der Waals surface area contributed by atoms with E-state index in [-0.39, 0.29) is 5.25 Å². The fraction of sp³-hybridized carbons (Fsp3) is 0.500. The standard InChI is InChI=1S/C12H17NO2S/c1-9-3-4-11-8-12(16(14,15)13-2)6-5-10(11)7-9/h3-4,7,12-13H,5-6,8H2,1-2H3. The van der Waals surface area contributed by atoms with Crippen molar-refractivity contribution >= 4 is 10.0 Å². The number of nitrogens with one attached hydrogen (secondary N) is 1.